The molecule has 0 aromatic heterocycles. The lowest BCUT2D eigenvalue weighted by atomic mass is 9.88. The van der Waals surface area contributed by atoms with Gasteiger partial charge < -0.3 is 0 Å². The first-order valence-electron chi connectivity index (χ1n) is 8.40. The molecule has 1 nitrogen and oxygen atoms in total. The van der Waals surface area contributed by atoms with E-state index in [4.69, 9.17) is 0 Å². The molecule has 0 aliphatic rings. The zero-order chi connectivity index (χ0) is 15.6. The molecule has 1 unspecified atom stereocenters. The molecular weight excluding hydrogens is 266 g/mol. The summed E-state index contributed by atoms with van der Waals surface area (Å²) in [5, 5.41) is 9.60. The molecule has 0 saturated carbocycles. The van der Waals surface area contributed by atoms with Crippen molar-refractivity contribution in [3.63, 3.8) is 0 Å². The molecule has 2 aromatic carbocycles. The normalized spacial score (nSPS) is 11.8. The molecule has 0 heterocycles. The quantitative estimate of drug-likeness (QED) is 0.522. The van der Waals surface area contributed by atoms with Crippen LogP contribution in [0.15, 0.2) is 54.6 Å². The summed E-state index contributed by atoms with van der Waals surface area (Å²) in [6.07, 6.45) is 7.19. The molecule has 0 aliphatic heterocycles. The van der Waals surface area contributed by atoms with E-state index >= 15 is 0 Å². The van der Waals surface area contributed by atoms with Crippen molar-refractivity contribution in [3.8, 4) is 17.2 Å². The van der Waals surface area contributed by atoms with Gasteiger partial charge in [0, 0.05) is 0 Å². The highest BCUT2D eigenvalue weighted by Crippen LogP contribution is 2.31. The van der Waals surface area contributed by atoms with E-state index in [1.807, 2.05) is 12.1 Å². The molecule has 2 rings (SSSR count). The Morgan fingerprint density at radius 3 is 2.27 bits per heavy atom. The molecule has 0 fully saturated rings. The fraction of sp³-hybridized carbons (Fsp3) is 0.381. The van der Waals surface area contributed by atoms with Crippen LogP contribution in [0.1, 0.15) is 56.9 Å². The number of rotatable bonds is 8. The van der Waals surface area contributed by atoms with Crippen molar-refractivity contribution in [2.45, 2.75) is 51.4 Å². The minimum absolute atomic E-state index is 0.00182. The van der Waals surface area contributed by atoms with E-state index in [1.54, 1.807) is 0 Å². The van der Waals surface area contributed by atoms with Gasteiger partial charge in [0.1, 0.15) is 0 Å². The number of nitrogens with zero attached hydrogens (tertiary/aromatic N) is 1. The third-order valence-corrected chi connectivity index (χ3v) is 4.17. The van der Waals surface area contributed by atoms with E-state index in [0.717, 1.165) is 12.8 Å². The van der Waals surface area contributed by atoms with Gasteiger partial charge in [-0.2, -0.15) is 5.26 Å². The molecule has 2 aromatic rings. The smallest absolute Gasteiger partial charge is 0.0718 e. The molecular formula is C21H25N. The molecule has 0 saturated heterocycles. The van der Waals surface area contributed by atoms with Crippen molar-refractivity contribution >= 4 is 0 Å². The van der Waals surface area contributed by atoms with E-state index in [9.17, 15) is 5.26 Å². The van der Waals surface area contributed by atoms with Crippen molar-refractivity contribution in [1.82, 2.24) is 0 Å². The highest BCUT2D eigenvalue weighted by molar-refractivity contribution is 5.68. The maximum absolute atomic E-state index is 9.60. The number of hydrogen-bond acceptors (Lipinski definition) is 1. The maximum Gasteiger partial charge on any atom is 0.0718 e. The van der Waals surface area contributed by atoms with Crippen molar-refractivity contribution < 1.29 is 0 Å². The summed E-state index contributed by atoms with van der Waals surface area (Å²) in [6, 6.07) is 21.2. The summed E-state index contributed by atoms with van der Waals surface area (Å²) in [5.41, 5.74) is 3.57. The van der Waals surface area contributed by atoms with Gasteiger partial charge in [-0.1, -0.05) is 93.6 Å². The van der Waals surface area contributed by atoms with Crippen LogP contribution >= 0.6 is 0 Å². The van der Waals surface area contributed by atoms with Crippen LogP contribution in [-0.2, 0) is 0 Å². The van der Waals surface area contributed by atoms with E-state index < -0.39 is 0 Å². The molecule has 1 heteroatoms. The fourth-order valence-electron chi connectivity index (χ4n) is 2.92. The van der Waals surface area contributed by atoms with E-state index in [1.165, 1.54) is 42.4 Å². The summed E-state index contributed by atoms with van der Waals surface area (Å²) in [6.45, 7) is 2.23. The van der Waals surface area contributed by atoms with Gasteiger partial charge in [-0.15, -0.1) is 0 Å². The van der Waals surface area contributed by atoms with Crippen molar-refractivity contribution in [1.29, 1.82) is 5.26 Å². The first kappa shape index (κ1) is 16.3. The van der Waals surface area contributed by atoms with Crippen LogP contribution < -0.4 is 0 Å². The molecule has 0 radical (unpaired) electrons. The van der Waals surface area contributed by atoms with E-state index in [0.29, 0.717) is 0 Å². The largest absolute Gasteiger partial charge is 0.198 e. The molecule has 22 heavy (non-hydrogen) atoms. The number of unbranched alkanes of at least 4 members (excludes halogenated alkanes) is 4. The first-order valence-corrected chi connectivity index (χ1v) is 8.40. The zero-order valence-corrected chi connectivity index (χ0v) is 13.5. The zero-order valence-electron chi connectivity index (χ0n) is 13.5. The Morgan fingerprint density at radius 2 is 1.55 bits per heavy atom. The number of hydrogen-bond donors (Lipinski definition) is 0. The van der Waals surface area contributed by atoms with Gasteiger partial charge in [0.05, 0.1) is 12.0 Å². The third-order valence-electron chi connectivity index (χ3n) is 4.17. The molecule has 0 N–H and O–H groups in total. The van der Waals surface area contributed by atoms with Crippen LogP contribution in [0, 0.1) is 11.3 Å². The van der Waals surface area contributed by atoms with Crippen LogP contribution in [0.4, 0.5) is 0 Å². The fourth-order valence-corrected chi connectivity index (χ4v) is 2.92. The average Bonchev–Trinajstić information content (AvgIpc) is 2.59. The predicted octanol–water partition coefficient (Wildman–Crippen LogP) is 6.32. The molecule has 1 atom stereocenters. The van der Waals surface area contributed by atoms with Gasteiger partial charge in [-0.3, -0.25) is 0 Å². The highest BCUT2D eigenvalue weighted by Gasteiger charge is 2.15. The number of nitriles is 1. The monoisotopic (exact) mass is 291 g/mol. The van der Waals surface area contributed by atoms with Crippen molar-refractivity contribution in [2.75, 3.05) is 0 Å². The standard InChI is InChI=1S/C21H25N/c1-2-3-4-5-7-14-19(17-22)21-16-11-10-15-20(21)18-12-8-6-9-13-18/h6,8-13,15-16,19H,2-5,7,14H2,1H3. The Balaban J connectivity index is 2.11. The van der Waals surface area contributed by atoms with Gasteiger partial charge in [-0.05, 0) is 23.1 Å². The molecule has 0 bridgehead atoms. The Bertz CT molecular complexity index is 595. The molecule has 0 amide bonds. The van der Waals surface area contributed by atoms with Gasteiger partial charge in [0.2, 0.25) is 0 Å². The Morgan fingerprint density at radius 1 is 0.864 bits per heavy atom. The lowest BCUT2D eigenvalue weighted by molar-refractivity contribution is 0.590. The van der Waals surface area contributed by atoms with Crippen LogP contribution in [0.25, 0.3) is 11.1 Å². The summed E-state index contributed by atoms with van der Waals surface area (Å²) in [5.74, 6) is -0.00182. The Hall–Kier alpha value is -2.07. The number of benzene rings is 2. The minimum atomic E-state index is -0.00182. The third kappa shape index (κ3) is 4.46. The minimum Gasteiger partial charge on any atom is -0.198 e. The summed E-state index contributed by atoms with van der Waals surface area (Å²) in [4.78, 5) is 0. The van der Waals surface area contributed by atoms with Gasteiger partial charge in [0.25, 0.3) is 0 Å². The lowest BCUT2D eigenvalue weighted by Gasteiger charge is -2.15. The highest BCUT2D eigenvalue weighted by atomic mass is 14.3. The Labute approximate surface area is 134 Å². The van der Waals surface area contributed by atoms with Crippen molar-refractivity contribution in [2.24, 2.45) is 0 Å². The summed E-state index contributed by atoms with van der Waals surface area (Å²) in [7, 11) is 0. The molecule has 114 valence electrons. The SMILES string of the molecule is CCCCCCCC(C#N)c1ccccc1-c1ccccc1. The van der Waals surface area contributed by atoms with Gasteiger partial charge >= 0.3 is 0 Å². The van der Waals surface area contributed by atoms with Crippen LogP contribution in [0.3, 0.4) is 0 Å². The second-order valence-electron chi connectivity index (χ2n) is 5.84. The first-order chi connectivity index (χ1) is 10.9. The molecule has 0 aliphatic carbocycles. The maximum atomic E-state index is 9.60. The van der Waals surface area contributed by atoms with Gasteiger partial charge in [0.15, 0.2) is 0 Å². The summed E-state index contributed by atoms with van der Waals surface area (Å²) < 4.78 is 0. The predicted molar refractivity (Wildman–Crippen MR) is 93.6 cm³/mol. The summed E-state index contributed by atoms with van der Waals surface area (Å²) >= 11 is 0. The lowest BCUT2D eigenvalue weighted by Crippen LogP contribution is -1.99. The van der Waals surface area contributed by atoms with Crippen LogP contribution in [-0.4, -0.2) is 0 Å². The van der Waals surface area contributed by atoms with Crippen LogP contribution in [0.5, 0.6) is 0 Å². The second-order valence-corrected chi connectivity index (χ2v) is 5.84. The topological polar surface area (TPSA) is 23.8 Å². The Kier molecular flexibility index (Phi) is 6.71. The molecule has 0 spiro atoms. The average molecular weight is 291 g/mol. The second kappa shape index (κ2) is 9.05. The van der Waals surface area contributed by atoms with Crippen molar-refractivity contribution in [3.05, 3.63) is 60.2 Å². The van der Waals surface area contributed by atoms with E-state index in [-0.39, 0.29) is 5.92 Å². The van der Waals surface area contributed by atoms with E-state index in [2.05, 4.69) is 55.5 Å². The van der Waals surface area contributed by atoms with Gasteiger partial charge in [-0.25, -0.2) is 0 Å². The van der Waals surface area contributed by atoms with Crippen LogP contribution in [0.2, 0.25) is 0 Å².